The van der Waals surface area contributed by atoms with Gasteiger partial charge in [-0.3, -0.25) is 0 Å². The van der Waals surface area contributed by atoms with Crippen LogP contribution in [0, 0.1) is 0 Å². The molecule has 1 heterocycles. The molecule has 26 heavy (non-hydrogen) atoms. The van der Waals surface area contributed by atoms with E-state index >= 15 is 0 Å². The van der Waals surface area contributed by atoms with Gasteiger partial charge in [0.05, 0.1) is 12.3 Å². The summed E-state index contributed by atoms with van der Waals surface area (Å²) < 4.78 is 7.65. The van der Waals surface area contributed by atoms with Gasteiger partial charge in [0.1, 0.15) is 0 Å². The van der Waals surface area contributed by atoms with Crippen LogP contribution in [-0.2, 0) is 4.74 Å². The van der Waals surface area contributed by atoms with Crippen molar-refractivity contribution in [1.82, 2.24) is 14.5 Å². The summed E-state index contributed by atoms with van der Waals surface area (Å²) >= 11 is 0. The van der Waals surface area contributed by atoms with Crippen molar-refractivity contribution in [3.63, 3.8) is 0 Å². The Morgan fingerprint density at radius 2 is 1.65 bits per heavy atom. The lowest BCUT2D eigenvalue weighted by Crippen LogP contribution is -2.47. The van der Waals surface area contributed by atoms with E-state index in [-0.39, 0.29) is 13.2 Å². The fraction of sp³-hybridized carbons (Fsp3) is 0.211. The topological polar surface area (TPSA) is 69.4 Å². The maximum atomic E-state index is 13.1. The van der Waals surface area contributed by atoms with Crippen LogP contribution in [-0.4, -0.2) is 33.7 Å². The number of para-hydroxylation sites is 1. The van der Waals surface area contributed by atoms with Gasteiger partial charge in [0.15, 0.2) is 5.82 Å². The van der Waals surface area contributed by atoms with Crippen LogP contribution in [0.5, 0.6) is 0 Å². The third-order valence-corrected chi connectivity index (χ3v) is 3.81. The summed E-state index contributed by atoms with van der Waals surface area (Å²) in [5.41, 5.74) is 0.903. The maximum absolute atomic E-state index is 13.1. The molecule has 134 valence electrons. The van der Waals surface area contributed by atoms with E-state index in [4.69, 9.17) is 4.74 Å². The number of ether oxygens (including phenoxy) is 1. The summed E-state index contributed by atoms with van der Waals surface area (Å²) in [6, 6.07) is 18.3. The molecule has 0 fully saturated rings. The third-order valence-electron chi connectivity index (χ3n) is 3.81. The minimum absolute atomic E-state index is 0.220. The molecule has 0 saturated carbocycles. The molecule has 1 aromatic heterocycles. The van der Waals surface area contributed by atoms with Gasteiger partial charge in [-0.05, 0) is 26.0 Å². The van der Waals surface area contributed by atoms with Gasteiger partial charge >= 0.3 is 11.8 Å². The van der Waals surface area contributed by atoms with Crippen molar-refractivity contribution < 1.29 is 9.53 Å². The van der Waals surface area contributed by atoms with Crippen molar-refractivity contribution in [2.45, 2.75) is 13.8 Å². The molecular formula is C19H20N4O3. The number of hydrogen-bond donors (Lipinski definition) is 0. The van der Waals surface area contributed by atoms with Crippen molar-refractivity contribution in [2.75, 3.05) is 18.2 Å². The molecule has 0 spiro atoms. The minimum Gasteiger partial charge on any atom is -0.448 e. The number of nitrogens with zero attached hydrogens (tertiary/aromatic N) is 4. The first-order chi connectivity index (χ1) is 12.7. The number of carbonyl (C=O) groups is 1. The number of hydrogen-bond acceptors (Lipinski definition) is 4. The summed E-state index contributed by atoms with van der Waals surface area (Å²) in [6.07, 6.45) is -0.595. The van der Waals surface area contributed by atoms with E-state index in [1.165, 1.54) is 14.4 Å². The second-order valence-electron chi connectivity index (χ2n) is 5.45. The summed E-state index contributed by atoms with van der Waals surface area (Å²) in [5.74, 6) is 0.370. The van der Waals surface area contributed by atoms with Crippen molar-refractivity contribution in [2.24, 2.45) is 0 Å². The lowest BCUT2D eigenvalue weighted by Gasteiger charge is -2.21. The summed E-state index contributed by atoms with van der Waals surface area (Å²) in [7, 11) is 0. The Bertz CT molecular complexity index is 932. The Balaban J connectivity index is 2.22. The molecule has 3 aromatic rings. The highest BCUT2D eigenvalue weighted by Crippen LogP contribution is 2.17. The third kappa shape index (κ3) is 3.23. The van der Waals surface area contributed by atoms with Crippen LogP contribution < -0.4 is 10.7 Å². The van der Waals surface area contributed by atoms with Gasteiger partial charge in [0.2, 0.25) is 0 Å². The van der Waals surface area contributed by atoms with Gasteiger partial charge in [0, 0.05) is 12.1 Å². The Hall–Kier alpha value is -3.35. The lowest BCUT2D eigenvalue weighted by molar-refractivity contribution is 0.153. The fourth-order valence-electron chi connectivity index (χ4n) is 2.63. The van der Waals surface area contributed by atoms with Crippen LogP contribution >= 0.6 is 0 Å². The van der Waals surface area contributed by atoms with Crippen molar-refractivity contribution in [3.05, 3.63) is 71.1 Å². The number of amides is 1. The fourth-order valence-corrected chi connectivity index (χ4v) is 2.63. The van der Waals surface area contributed by atoms with Crippen LogP contribution in [0.3, 0.4) is 0 Å². The van der Waals surface area contributed by atoms with Crippen molar-refractivity contribution in [3.8, 4) is 17.1 Å². The first-order valence-electron chi connectivity index (χ1n) is 8.44. The highest BCUT2D eigenvalue weighted by Gasteiger charge is 2.25. The molecule has 0 N–H and O–H groups in total. The SMILES string of the molecule is CCOC(=O)N(CC)n1c(-c2ccccc2)nn(-c2ccccc2)c1=O. The maximum Gasteiger partial charge on any atom is 0.429 e. The van der Waals surface area contributed by atoms with Gasteiger partial charge < -0.3 is 4.74 Å². The largest absolute Gasteiger partial charge is 0.448 e. The molecule has 7 heteroatoms. The zero-order valence-electron chi connectivity index (χ0n) is 14.7. The number of carbonyl (C=O) groups excluding carboxylic acids is 1. The van der Waals surface area contributed by atoms with E-state index in [1.807, 2.05) is 48.5 Å². The molecule has 0 unspecified atom stereocenters. The van der Waals surface area contributed by atoms with E-state index in [9.17, 15) is 9.59 Å². The van der Waals surface area contributed by atoms with Gasteiger partial charge in [-0.25, -0.2) is 14.6 Å². The molecule has 0 aliphatic heterocycles. The predicted octanol–water partition coefficient (Wildman–Crippen LogP) is 2.82. The molecule has 2 aromatic carbocycles. The zero-order chi connectivity index (χ0) is 18.5. The second kappa shape index (κ2) is 7.69. The quantitative estimate of drug-likeness (QED) is 0.708. The van der Waals surface area contributed by atoms with Gasteiger partial charge in [-0.2, -0.15) is 9.36 Å². The highest BCUT2D eigenvalue weighted by atomic mass is 16.6. The van der Waals surface area contributed by atoms with E-state index < -0.39 is 11.8 Å². The number of aromatic nitrogens is 3. The lowest BCUT2D eigenvalue weighted by atomic mass is 10.2. The Labute approximate surface area is 151 Å². The molecule has 0 aliphatic carbocycles. The molecule has 0 radical (unpaired) electrons. The normalized spacial score (nSPS) is 10.5. The van der Waals surface area contributed by atoms with Gasteiger partial charge in [0.25, 0.3) is 0 Å². The molecule has 7 nitrogen and oxygen atoms in total. The highest BCUT2D eigenvalue weighted by molar-refractivity contribution is 5.79. The van der Waals surface area contributed by atoms with Crippen molar-refractivity contribution >= 4 is 6.09 Å². The average molecular weight is 352 g/mol. The molecule has 0 atom stereocenters. The van der Waals surface area contributed by atoms with Crippen molar-refractivity contribution in [1.29, 1.82) is 0 Å². The predicted molar refractivity (Wildman–Crippen MR) is 99.0 cm³/mol. The van der Waals surface area contributed by atoms with Gasteiger partial charge in [-0.15, -0.1) is 5.10 Å². The Kier molecular flexibility index (Phi) is 5.17. The van der Waals surface area contributed by atoms with Crippen LogP contribution in [0.4, 0.5) is 4.79 Å². The number of rotatable bonds is 5. The minimum atomic E-state index is -0.595. The summed E-state index contributed by atoms with van der Waals surface area (Å²) in [5, 5.41) is 5.73. The molecule has 3 rings (SSSR count). The smallest absolute Gasteiger partial charge is 0.429 e. The first kappa shape index (κ1) is 17.5. The average Bonchev–Trinajstić information content (AvgIpc) is 3.01. The van der Waals surface area contributed by atoms with Crippen LogP contribution in [0.2, 0.25) is 0 Å². The Morgan fingerprint density at radius 3 is 2.23 bits per heavy atom. The molecule has 0 aliphatic rings. The van der Waals surface area contributed by atoms with Crippen LogP contribution in [0.15, 0.2) is 65.5 Å². The van der Waals surface area contributed by atoms with Crippen LogP contribution in [0.1, 0.15) is 13.8 Å². The van der Waals surface area contributed by atoms with E-state index in [0.29, 0.717) is 11.5 Å². The van der Waals surface area contributed by atoms with Crippen LogP contribution in [0.25, 0.3) is 17.1 Å². The van der Waals surface area contributed by atoms with E-state index in [1.54, 1.807) is 26.0 Å². The standard InChI is InChI=1S/C19H20N4O3/c1-3-21(19(25)26-4-2)23-17(15-11-7-5-8-12-15)20-22(18(23)24)16-13-9-6-10-14-16/h5-14H,3-4H2,1-2H3. The zero-order valence-corrected chi connectivity index (χ0v) is 14.7. The molecule has 1 amide bonds. The van der Waals surface area contributed by atoms with E-state index in [0.717, 1.165) is 5.56 Å². The first-order valence-corrected chi connectivity index (χ1v) is 8.44. The molecular weight excluding hydrogens is 332 g/mol. The Morgan fingerprint density at radius 1 is 1.04 bits per heavy atom. The van der Waals surface area contributed by atoms with Gasteiger partial charge in [-0.1, -0.05) is 48.5 Å². The van der Waals surface area contributed by atoms with E-state index in [2.05, 4.69) is 5.10 Å². The number of benzene rings is 2. The summed E-state index contributed by atoms with van der Waals surface area (Å²) in [6.45, 7) is 3.98. The molecule has 0 saturated heterocycles. The second-order valence-corrected chi connectivity index (χ2v) is 5.45. The molecule has 0 bridgehead atoms. The summed E-state index contributed by atoms with van der Waals surface area (Å²) in [4.78, 5) is 25.4. The monoisotopic (exact) mass is 352 g/mol.